The number of nitrogens with one attached hydrogen (secondary N) is 1. The number of carbonyl (C=O) groups excluding carboxylic acids is 1. The van der Waals surface area contributed by atoms with Crippen molar-refractivity contribution < 1.29 is 14.3 Å². The third-order valence-electron chi connectivity index (χ3n) is 2.83. The van der Waals surface area contributed by atoms with Crippen LogP contribution in [0.25, 0.3) is 0 Å². The zero-order valence-corrected chi connectivity index (χ0v) is 13.2. The number of anilines is 1. The molecule has 116 valence electrons. The van der Waals surface area contributed by atoms with Gasteiger partial charge >= 0.3 is 0 Å². The average molecular weight is 320 g/mol. The molecule has 0 bridgehead atoms. The number of carbonyl (C=O) groups is 1. The second-order valence-electron chi connectivity index (χ2n) is 4.27. The van der Waals surface area contributed by atoms with Crippen LogP contribution < -0.4 is 20.6 Å². The number of nitrogen functional groups attached to an aromatic ring is 1. The summed E-state index contributed by atoms with van der Waals surface area (Å²) < 4.78 is 10.4. The van der Waals surface area contributed by atoms with Crippen molar-refractivity contribution in [1.29, 1.82) is 0 Å². The molecule has 1 aromatic heterocycles. The molecule has 7 nitrogen and oxygen atoms in total. The van der Waals surface area contributed by atoms with Crippen LogP contribution in [0.5, 0.6) is 11.5 Å². The van der Waals surface area contributed by atoms with Gasteiger partial charge in [-0.05, 0) is 19.1 Å². The molecule has 0 unspecified atom stereocenters. The summed E-state index contributed by atoms with van der Waals surface area (Å²) in [6, 6.07) is 5.29. The molecule has 22 heavy (non-hydrogen) atoms. The highest BCUT2D eigenvalue weighted by molar-refractivity contribution is 7.17. The SMILES string of the molecule is COc1ccc(/C=N/NC(=O)c2sc(N)nc2C)c(OC)c1. The van der Waals surface area contributed by atoms with Gasteiger partial charge < -0.3 is 15.2 Å². The van der Waals surface area contributed by atoms with Crippen LogP contribution >= 0.6 is 11.3 Å². The number of nitrogens with zero attached hydrogens (tertiary/aromatic N) is 2. The zero-order chi connectivity index (χ0) is 16.1. The Kier molecular flexibility index (Phi) is 4.95. The number of nitrogens with two attached hydrogens (primary N) is 1. The van der Waals surface area contributed by atoms with Gasteiger partial charge in [-0.2, -0.15) is 5.10 Å². The Balaban J connectivity index is 2.09. The third-order valence-corrected chi connectivity index (χ3v) is 3.82. The number of aromatic nitrogens is 1. The Morgan fingerprint density at radius 1 is 1.41 bits per heavy atom. The number of ether oxygens (including phenoxy) is 2. The second kappa shape index (κ2) is 6.90. The highest BCUT2D eigenvalue weighted by Gasteiger charge is 2.13. The number of hydrazone groups is 1. The molecule has 2 aromatic rings. The van der Waals surface area contributed by atoms with E-state index in [0.29, 0.717) is 32.8 Å². The molecule has 0 fully saturated rings. The van der Waals surface area contributed by atoms with Crippen molar-refractivity contribution in [2.75, 3.05) is 20.0 Å². The van der Waals surface area contributed by atoms with E-state index in [1.54, 1.807) is 39.3 Å². The van der Waals surface area contributed by atoms with Gasteiger partial charge in [-0.3, -0.25) is 4.79 Å². The van der Waals surface area contributed by atoms with Gasteiger partial charge in [-0.1, -0.05) is 11.3 Å². The van der Waals surface area contributed by atoms with E-state index in [1.807, 2.05) is 0 Å². The molecule has 0 saturated heterocycles. The van der Waals surface area contributed by atoms with Crippen molar-refractivity contribution in [1.82, 2.24) is 10.4 Å². The van der Waals surface area contributed by atoms with Crippen molar-refractivity contribution in [3.8, 4) is 11.5 Å². The second-order valence-corrected chi connectivity index (χ2v) is 5.30. The summed E-state index contributed by atoms with van der Waals surface area (Å²) in [5.41, 5.74) is 9.30. The number of hydrogen-bond donors (Lipinski definition) is 2. The molecule has 1 heterocycles. The number of hydrogen-bond acceptors (Lipinski definition) is 7. The molecular weight excluding hydrogens is 304 g/mol. The molecule has 2 rings (SSSR count). The van der Waals surface area contributed by atoms with Crippen LogP contribution in [0.15, 0.2) is 23.3 Å². The maximum Gasteiger partial charge on any atom is 0.283 e. The lowest BCUT2D eigenvalue weighted by Crippen LogP contribution is -2.17. The topological polar surface area (TPSA) is 98.8 Å². The van der Waals surface area contributed by atoms with Crippen molar-refractivity contribution >= 4 is 28.6 Å². The normalized spacial score (nSPS) is 10.7. The van der Waals surface area contributed by atoms with Crippen LogP contribution in [0.3, 0.4) is 0 Å². The van der Waals surface area contributed by atoms with E-state index in [9.17, 15) is 4.79 Å². The maximum atomic E-state index is 12.0. The number of amides is 1. The molecule has 1 amide bonds. The Morgan fingerprint density at radius 3 is 2.77 bits per heavy atom. The Bertz CT molecular complexity index is 712. The fourth-order valence-corrected chi connectivity index (χ4v) is 2.49. The average Bonchev–Trinajstić information content (AvgIpc) is 2.86. The van der Waals surface area contributed by atoms with Crippen molar-refractivity contribution in [3.05, 3.63) is 34.3 Å². The molecule has 0 radical (unpaired) electrons. The molecule has 0 aliphatic carbocycles. The van der Waals surface area contributed by atoms with Crippen LogP contribution in [0.1, 0.15) is 20.9 Å². The molecule has 8 heteroatoms. The van der Waals surface area contributed by atoms with Gasteiger partial charge in [0.25, 0.3) is 5.91 Å². The highest BCUT2D eigenvalue weighted by atomic mass is 32.1. The summed E-state index contributed by atoms with van der Waals surface area (Å²) in [7, 11) is 3.13. The van der Waals surface area contributed by atoms with E-state index in [4.69, 9.17) is 15.2 Å². The lowest BCUT2D eigenvalue weighted by molar-refractivity contribution is 0.0958. The van der Waals surface area contributed by atoms with E-state index in [1.165, 1.54) is 6.21 Å². The standard InChI is InChI=1S/C14H16N4O3S/c1-8-12(22-14(15)17-8)13(19)18-16-7-9-4-5-10(20-2)6-11(9)21-3/h4-7H,1-3H3,(H2,15,17)(H,18,19)/b16-7+. The molecule has 0 atom stereocenters. The van der Waals surface area contributed by atoms with Gasteiger partial charge in [-0.15, -0.1) is 0 Å². The van der Waals surface area contributed by atoms with E-state index < -0.39 is 0 Å². The number of methoxy groups -OCH3 is 2. The van der Waals surface area contributed by atoms with Crippen LogP contribution in [0.2, 0.25) is 0 Å². The zero-order valence-electron chi connectivity index (χ0n) is 12.4. The Labute approximate surface area is 131 Å². The van der Waals surface area contributed by atoms with E-state index in [0.717, 1.165) is 11.3 Å². The van der Waals surface area contributed by atoms with Crippen LogP contribution in [-0.2, 0) is 0 Å². The maximum absolute atomic E-state index is 12.0. The number of thiazole rings is 1. The summed E-state index contributed by atoms with van der Waals surface area (Å²) in [6.45, 7) is 1.72. The highest BCUT2D eigenvalue weighted by Crippen LogP contribution is 2.23. The fraction of sp³-hybridized carbons (Fsp3) is 0.214. The smallest absolute Gasteiger partial charge is 0.283 e. The molecule has 0 aliphatic rings. The first kappa shape index (κ1) is 15.8. The first-order valence-electron chi connectivity index (χ1n) is 6.33. The minimum Gasteiger partial charge on any atom is -0.497 e. The van der Waals surface area contributed by atoms with Crippen LogP contribution in [-0.4, -0.2) is 31.3 Å². The van der Waals surface area contributed by atoms with Gasteiger partial charge in [0.05, 0.1) is 26.1 Å². The Morgan fingerprint density at radius 2 is 2.18 bits per heavy atom. The lowest BCUT2D eigenvalue weighted by atomic mass is 10.2. The predicted octanol–water partition coefficient (Wildman–Crippen LogP) is 1.81. The molecule has 0 spiro atoms. The molecule has 1 aromatic carbocycles. The fourth-order valence-electron chi connectivity index (χ4n) is 1.76. The summed E-state index contributed by atoms with van der Waals surface area (Å²) in [4.78, 5) is 16.4. The molecule has 0 saturated carbocycles. The monoisotopic (exact) mass is 320 g/mol. The van der Waals surface area contributed by atoms with Gasteiger partial charge in [0.2, 0.25) is 0 Å². The molecule has 0 aliphatic heterocycles. The summed E-state index contributed by atoms with van der Waals surface area (Å²) >= 11 is 1.12. The minimum atomic E-state index is -0.351. The van der Waals surface area contributed by atoms with Gasteiger partial charge in [-0.25, -0.2) is 10.4 Å². The summed E-state index contributed by atoms with van der Waals surface area (Å²) in [5, 5.41) is 4.28. The lowest BCUT2D eigenvalue weighted by Gasteiger charge is -2.06. The van der Waals surface area contributed by atoms with Gasteiger partial charge in [0.15, 0.2) is 5.13 Å². The van der Waals surface area contributed by atoms with E-state index >= 15 is 0 Å². The van der Waals surface area contributed by atoms with E-state index in [2.05, 4.69) is 15.5 Å². The van der Waals surface area contributed by atoms with Crippen LogP contribution in [0, 0.1) is 6.92 Å². The predicted molar refractivity (Wildman–Crippen MR) is 85.9 cm³/mol. The van der Waals surface area contributed by atoms with Gasteiger partial charge in [0.1, 0.15) is 16.4 Å². The third kappa shape index (κ3) is 3.53. The minimum absolute atomic E-state index is 0.350. The number of benzene rings is 1. The summed E-state index contributed by atoms with van der Waals surface area (Å²) in [5.74, 6) is 0.916. The first-order valence-corrected chi connectivity index (χ1v) is 7.15. The summed E-state index contributed by atoms with van der Waals surface area (Å²) in [6.07, 6.45) is 1.50. The molecular formula is C14H16N4O3S. The quantitative estimate of drug-likeness (QED) is 0.646. The van der Waals surface area contributed by atoms with Crippen LogP contribution in [0.4, 0.5) is 5.13 Å². The van der Waals surface area contributed by atoms with Gasteiger partial charge in [0, 0.05) is 11.6 Å². The number of rotatable bonds is 5. The number of aryl methyl sites for hydroxylation is 1. The first-order chi connectivity index (χ1) is 10.5. The van der Waals surface area contributed by atoms with Crippen molar-refractivity contribution in [2.45, 2.75) is 6.92 Å². The largest absolute Gasteiger partial charge is 0.497 e. The van der Waals surface area contributed by atoms with Crippen molar-refractivity contribution in [2.24, 2.45) is 5.10 Å². The Hall–Kier alpha value is -2.61. The van der Waals surface area contributed by atoms with Crippen molar-refractivity contribution in [3.63, 3.8) is 0 Å². The molecule has 3 N–H and O–H groups in total. The van der Waals surface area contributed by atoms with E-state index in [-0.39, 0.29) is 5.91 Å².